The van der Waals surface area contributed by atoms with Crippen LogP contribution in [-0.2, 0) is 27.8 Å². The predicted molar refractivity (Wildman–Crippen MR) is 157 cm³/mol. The fraction of sp³-hybridized carbons (Fsp3) is 0.367. The van der Waals surface area contributed by atoms with E-state index >= 15 is 0 Å². The molecule has 0 aliphatic rings. The molecular formula is C30H38N2O5S2. The summed E-state index contributed by atoms with van der Waals surface area (Å²) < 4.78 is 39.6. The van der Waals surface area contributed by atoms with E-state index < -0.39 is 10.0 Å². The molecule has 2 aromatic carbocycles. The fourth-order valence-electron chi connectivity index (χ4n) is 4.68. The number of sulfonamides is 1. The van der Waals surface area contributed by atoms with Crippen LogP contribution in [0.1, 0.15) is 32.7 Å². The van der Waals surface area contributed by atoms with Gasteiger partial charge in [-0.25, -0.2) is 8.42 Å². The first-order chi connectivity index (χ1) is 18.5. The number of thiophene rings is 1. The maximum absolute atomic E-state index is 13.8. The van der Waals surface area contributed by atoms with E-state index in [1.165, 1.54) is 10.4 Å². The van der Waals surface area contributed by atoms with E-state index in [-0.39, 0.29) is 23.9 Å². The lowest BCUT2D eigenvalue weighted by Crippen LogP contribution is -2.43. The van der Waals surface area contributed by atoms with Crippen molar-refractivity contribution in [1.29, 1.82) is 0 Å². The summed E-state index contributed by atoms with van der Waals surface area (Å²) in [6, 6.07) is 11.4. The summed E-state index contributed by atoms with van der Waals surface area (Å²) in [4.78, 5) is 16.8. The molecule has 0 bridgehead atoms. The average Bonchev–Trinajstić information content (AvgIpc) is 3.29. The van der Waals surface area contributed by atoms with Crippen LogP contribution in [0.25, 0.3) is 0 Å². The number of ether oxygens (including phenoxy) is 2. The second-order valence-electron chi connectivity index (χ2n) is 9.60. The largest absolute Gasteiger partial charge is 0.493 e. The smallest absolute Gasteiger partial charge is 0.244 e. The average molecular weight is 571 g/mol. The molecule has 0 N–H and O–H groups in total. The number of rotatable bonds is 13. The van der Waals surface area contributed by atoms with Gasteiger partial charge in [0.05, 0.1) is 32.2 Å². The number of carbonyl (C=O) groups excluding carboxylic acids is 1. The molecule has 3 rings (SSSR count). The molecule has 0 saturated carbocycles. The Hall–Kier alpha value is -3.14. The highest BCUT2D eigenvalue weighted by Gasteiger charge is 2.30. The number of benzene rings is 2. The maximum Gasteiger partial charge on any atom is 0.244 e. The Labute approximate surface area is 236 Å². The van der Waals surface area contributed by atoms with Gasteiger partial charge in [-0.2, -0.15) is 4.31 Å². The summed E-state index contributed by atoms with van der Waals surface area (Å²) in [6.45, 7) is 11.8. The van der Waals surface area contributed by atoms with Gasteiger partial charge in [0.15, 0.2) is 11.5 Å². The molecule has 210 valence electrons. The molecule has 0 aliphatic heterocycles. The van der Waals surface area contributed by atoms with Crippen LogP contribution in [0, 0.1) is 27.7 Å². The van der Waals surface area contributed by atoms with Gasteiger partial charge in [-0.3, -0.25) is 4.79 Å². The van der Waals surface area contributed by atoms with Gasteiger partial charge in [0.25, 0.3) is 0 Å². The molecule has 1 heterocycles. The maximum atomic E-state index is 13.8. The third-order valence-electron chi connectivity index (χ3n) is 6.62. The third kappa shape index (κ3) is 7.29. The van der Waals surface area contributed by atoms with Gasteiger partial charge in [-0.15, -0.1) is 17.9 Å². The standard InChI is InChI=1S/C30H38N2O5S2/c1-8-13-32(39(34,35)30-23(4)16-21(2)17-24(30)5)20-29(33)31(19-28-22(3)12-15-38-28)14-11-25-9-10-26(36-6)27(18-25)37-7/h8-10,12,15-18H,1,11,13-14,19-20H2,2-7H3. The van der Waals surface area contributed by atoms with Crippen molar-refractivity contribution in [3.8, 4) is 11.5 Å². The molecule has 0 spiro atoms. The summed E-state index contributed by atoms with van der Waals surface area (Å²) >= 11 is 1.59. The summed E-state index contributed by atoms with van der Waals surface area (Å²) in [5.74, 6) is 0.987. The Bertz CT molecular complexity index is 1410. The van der Waals surface area contributed by atoms with E-state index in [0.29, 0.717) is 42.1 Å². The van der Waals surface area contributed by atoms with Gasteiger partial charge in [-0.1, -0.05) is 29.8 Å². The van der Waals surface area contributed by atoms with Crippen LogP contribution in [0.5, 0.6) is 11.5 Å². The Balaban J connectivity index is 1.89. The Morgan fingerprint density at radius 3 is 2.21 bits per heavy atom. The number of hydrogen-bond donors (Lipinski definition) is 0. The van der Waals surface area contributed by atoms with Crippen molar-refractivity contribution < 1.29 is 22.7 Å². The molecule has 1 amide bonds. The van der Waals surface area contributed by atoms with Gasteiger partial charge in [-0.05, 0) is 79.9 Å². The number of aryl methyl sites for hydroxylation is 4. The second kappa shape index (κ2) is 13.3. The molecule has 0 radical (unpaired) electrons. The van der Waals surface area contributed by atoms with Crippen LogP contribution in [-0.4, -0.2) is 57.4 Å². The lowest BCUT2D eigenvalue weighted by molar-refractivity contribution is -0.131. The molecule has 1 aromatic heterocycles. The second-order valence-corrected chi connectivity index (χ2v) is 12.5. The van der Waals surface area contributed by atoms with Gasteiger partial charge < -0.3 is 14.4 Å². The predicted octanol–water partition coefficient (Wildman–Crippen LogP) is 5.45. The lowest BCUT2D eigenvalue weighted by Gasteiger charge is -2.28. The van der Waals surface area contributed by atoms with E-state index in [4.69, 9.17) is 9.47 Å². The molecule has 0 saturated heterocycles. The Morgan fingerprint density at radius 1 is 0.974 bits per heavy atom. The fourth-order valence-corrected chi connectivity index (χ4v) is 7.37. The summed E-state index contributed by atoms with van der Waals surface area (Å²) in [5.41, 5.74) is 4.39. The van der Waals surface area contributed by atoms with Crippen molar-refractivity contribution in [1.82, 2.24) is 9.21 Å². The minimum absolute atomic E-state index is 0.0301. The molecule has 7 nitrogen and oxygen atoms in total. The number of nitrogens with zero attached hydrogens (tertiary/aromatic N) is 2. The minimum atomic E-state index is -3.94. The first kappa shape index (κ1) is 30.4. The molecule has 0 atom stereocenters. The van der Waals surface area contributed by atoms with Gasteiger partial charge in [0.2, 0.25) is 15.9 Å². The van der Waals surface area contributed by atoms with Gasteiger partial charge in [0, 0.05) is 18.0 Å². The highest BCUT2D eigenvalue weighted by molar-refractivity contribution is 7.89. The number of methoxy groups -OCH3 is 2. The highest BCUT2D eigenvalue weighted by Crippen LogP contribution is 2.29. The first-order valence-electron chi connectivity index (χ1n) is 12.7. The summed E-state index contributed by atoms with van der Waals surface area (Å²) in [5, 5.41) is 2.00. The van der Waals surface area contributed by atoms with Crippen molar-refractivity contribution in [2.75, 3.05) is 33.9 Å². The van der Waals surface area contributed by atoms with E-state index in [1.54, 1.807) is 44.3 Å². The van der Waals surface area contributed by atoms with Crippen molar-refractivity contribution in [2.45, 2.75) is 45.6 Å². The van der Waals surface area contributed by atoms with E-state index in [1.807, 2.05) is 55.6 Å². The van der Waals surface area contributed by atoms with E-state index in [9.17, 15) is 13.2 Å². The third-order valence-corrected chi connectivity index (χ3v) is 9.75. The zero-order chi connectivity index (χ0) is 28.7. The number of amides is 1. The summed E-state index contributed by atoms with van der Waals surface area (Å²) in [6.07, 6.45) is 2.09. The summed E-state index contributed by atoms with van der Waals surface area (Å²) in [7, 11) is -0.763. The molecule has 0 fully saturated rings. The molecule has 3 aromatic rings. The topological polar surface area (TPSA) is 76.2 Å². The molecule has 0 unspecified atom stereocenters. The molecular weight excluding hydrogens is 532 g/mol. The van der Waals surface area contributed by atoms with Crippen molar-refractivity contribution in [3.63, 3.8) is 0 Å². The SMILES string of the molecule is C=CCN(CC(=O)N(CCc1ccc(OC)c(OC)c1)Cc1sccc1C)S(=O)(=O)c1c(C)cc(C)cc1C. The van der Waals surface area contributed by atoms with Gasteiger partial charge >= 0.3 is 0 Å². The number of carbonyl (C=O) groups is 1. The van der Waals surface area contributed by atoms with Crippen LogP contribution in [0.4, 0.5) is 0 Å². The highest BCUT2D eigenvalue weighted by atomic mass is 32.2. The lowest BCUT2D eigenvalue weighted by atomic mass is 10.1. The zero-order valence-corrected chi connectivity index (χ0v) is 25.2. The normalized spacial score (nSPS) is 11.5. The van der Waals surface area contributed by atoms with Crippen LogP contribution in [0.3, 0.4) is 0 Å². The van der Waals surface area contributed by atoms with Crippen molar-refractivity contribution >= 4 is 27.3 Å². The van der Waals surface area contributed by atoms with E-state index in [0.717, 1.165) is 21.6 Å². The van der Waals surface area contributed by atoms with Crippen LogP contribution in [0.2, 0.25) is 0 Å². The van der Waals surface area contributed by atoms with Crippen LogP contribution >= 0.6 is 11.3 Å². The van der Waals surface area contributed by atoms with Gasteiger partial charge in [0.1, 0.15) is 0 Å². The van der Waals surface area contributed by atoms with Crippen molar-refractivity contribution in [2.24, 2.45) is 0 Å². The molecule has 9 heteroatoms. The molecule has 39 heavy (non-hydrogen) atoms. The van der Waals surface area contributed by atoms with E-state index in [2.05, 4.69) is 6.58 Å². The van der Waals surface area contributed by atoms with Crippen LogP contribution < -0.4 is 9.47 Å². The van der Waals surface area contributed by atoms with Crippen molar-refractivity contribution in [3.05, 3.63) is 87.1 Å². The number of hydrogen-bond acceptors (Lipinski definition) is 6. The minimum Gasteiger partial charge on any atom is -0.493 e. The Morgan fingerprint density at radius 2 is 1.64 bits per heavy atom. The quantitative estimate of drug-likeness (QED) is 0.256. The first-order valence-corrected chi connectivity index (χ1v) is 15.0. The van der Waals surface area contributed by atoms with Crippen LogP contribution in [0.15, 0.2) is 59.3 Å². The Kier molecular flexibility index (Phi) is 10.4. The zero-order valence-electron chi connectivity index (χ0n) is 23.6. The molecule has 0 aliphatic carbocycles. The monoisotopic (exact) mass is 570 g/mol.